The number of nitriles is 1. The third kappa shape index (κ3) is 6.33. The molecule has 0 saturated carbocycles. The maximum Gasteiger partial charge on any atom is 0.270 e. The first-order chi connectivity index (χ1) is 20.9. The van der Waals surface area contributed by atoms with E-state index < -0.39 is 0 Å². The van der Waals surface area contributed by atoms with Gasteiger partial charge in [0.2, 0.25) is 0 Å². The van der Waals surface area contributed by atoms with Gasteiger partial charge in [-0.3, -0.25) is 19.1 Å². The number of carbonyl (C=O) groups is 1. The lowest BCUT2D eigenvalue weighted by atomic mass is 10.0. The first-order valence-electron chi connectivity index (χ1n) is 14.5. The Morgan fingerprint density at radius 1 is 1.00 bits per heavy atom. The largest absolute Gasteiger partial charge is 0.497 e. The zero-order chi connectivity index (χ0) is 30.5. The van der Waals surface area contributed by atoms with Crippen molar-refractivity contribution in [1.82, 2.24) is 9.47 Å². The van der Waals surface area contributed by atoms with Crippen LogP contribution in [0.3, 0.4) is 0 Å². The normalized spacial score (nSPS) is 16.2. The summed E-state index contributed by atoms with van der Waals surface area (Å²) in [6, 6.07) is 20.2. The van der Waals surface area contributed by atoms with E-state index in [0.29, 0.717) is 47.4 Å². The van der Waals surface area contributed by atoms with E-state index in [1.54, 1.807) is 23.5 Å². The van der Waals surface area contributed by atoms with Crippen molar-refractivity contribution in [2.75, 3.05) is 49.6 Å². The number of anilines is 2. The highest BCUT2D eigenvalue weighted by atomic mass is 32.2. The predicted octanol–water partition coefficient (Wildman–Crippen LogP) is 5.22. The second-order valence-corrected chi connectivity index (χ2v) is 12.2. The van der Waals surface area contributed by atoms with Crippen molar-refractivity contribution in [3.05, 3.63) is 92.1 Å². The summed E-state index contributed by atoms with van der Waals surface area (Å²) in [4.78, 5) is 33.9. The lowest BCUT2D eigenvalue weighted by Gasteiger charge is -2.39. The molecule has 0 spiro atoms. The highest BCUT2D eigenvalue weighted by molar-refractivity contribution is 8.26. The van der Waals surface area contributed by atoms with Gasteiger partial charge in [0, 0.05) is 50.5 Å². The number of para-hydroxylation sites is 1. The Morgan fingerprint density at radius 2 is 1.67 bits per heavy atom. The van der Waals surface area contributed by atoms with Crippen molar-refractivity contribution < 1.29 is 9.53 Å². The van der Waals surface area contributed by atoms with Crippen LogP contribution in [0.5, 0.6) is 5.75 Å². The van der Waals surface area contributed by atoms with Gasteiger partial charge in [-0.25, -0.2) is 0 Å². The van der Waals surface area contributed by atoms with Crippen molar-refractivity contribution in [2.24, 2.45) is 0 Å². The lowest BCUT2D eigenvalue weighted by molar-refractivity contribution is -0.122. The molecule has 2 aliphatic heterocycles. The van der Waals surface area contributed by atoms with Gasteiger partial charge in [0.15, 0.2) is 0 Å². The van der Waals surface area contributed by atoms with Gasteiger partial charge in [0.05, 0.1) is 12.0 Å². The third-order valence-corrected chi connectivity index (χ3v) is 9.30. The maximum atomic E-state index is 13.6. The highest BCUT2D eigenvalue weighted by Gasteiger charge is 2.33. The monoisotopic (exact) mass is 613 g/mol. The zero-order valence-corrected chi connectivity index (χ0v) is 26.3. The summed E-state index contributed by atoms with van der Waals surface area (Å²) in [5.41, 5.74) is 3.39. The number of pyridine rings is 1. The molecule has 0 bridgehead atoms. The van der Waals surface area contributed by atoms with Gasteiger partial charge in [-0.05, 0) is 61.2 Å². The Bertz CT molecular complexity index is 1640. The van der Waals surface area contributed by atoms with Gasteiger partial charge < -0.3 is 14.5 Å². The molecule has 3 aromatic rings. The second kappa shape index (κ2) is 13.5. The van der Waals surface area contributed by atoms with Gasteiger partial charge >= 0.3 is 0 Å². The van der Waals surface area contributed by atoms with E-state index in [1.165, 1.54) is 17.4 Å². The molecule has 2 fully saturated rings. The number of ether oxygens (including phenoxy) is 1. The Hall–Kier alpha value is -4.07. The molecule has 0 unspecified atom stereocenters. The average Bonchev–Trinajstić information content (AvgIpc) is 3.30. The van der Waals surface area contributed by atoms with Crippen LogP contribution in [0, 0.1) is 18.3 Å². The summed E-state index contributed by atoms with van der Waals surface area (Å²) in [7, 11) is 1.63. The summed E-state index contributed by atoms with van der Waals surface area (Å²) < 4.78 is 7.47. The molecular weight excluding hydrogens is 579 g/mol. The van der Waals surface area contributed by atoms with Crippen LogP contribution in [0.4, 0.5) is 11.5 Å². The third-order valence-electron chi connectivity index (χ3n) is 7.93. The van der Waals surface area contributed by atoms with E-state index in [4.69, 9.17) is 17.0 Å². The summed E-state index contributed by atoms with van der Waals surface area (Å²) in [6.45, 7) is 7.73. The summed E-state index contributed by atoms with van der Waals surface area (Å²) >= 11 is 6.90. The van der Waals surface area contributed by atoms with Gasteiger partial charge in [-0.2, -0.15) is 5.26 Å². The van der Waals surface area contributed by atoms with Crippen LogP contribution in [-0.4, -0.2) is 59.5 Å². The van der Waals surface area contributed by atoms with Crippen molar-refractivity contribution >= 4 is 51.8 Å². The minimum Gasteiger partial charge on any atom is -0.497 e. The standard InChI is InChI=1S/C33H35N5O3S2/c1-4-15-37-30(36-19-17-35(18-20-36)25-8-6-5-7-9-25)27(23(2)28(22-34)31(37)39)21-29-32(40)38(33(42)43-29)16-14-24-10-12-26(41-3)13-11-24/h5-13,21H,4,14-20H2,1-3H3/b29-21+. The molecule has 0 N–H and O–H groups in total. The maximum absolute atomic E-state index is 13.6. The summed E-state index contributed by atoms with van der Waals surface area (Å²) in [6.07, 6.45) is 3.23. The van der Waals surface area contributed by atoms with Gasteiger partial charge in [0.1, 0.15) is 27.5 Å². The van der Waals surface area contributed by atoms with Crippen molar-refractivity contribution in [2.45, 2.75) is 33.2 Å². The minimum absolute atomic E-state index is 0.112. The van der Waals surface area contributed by atoms with Gasteiger partial charge in [-0.1, -0.05) is 61.2 Å². The molecule has 2 aliphatic rings. The van der Waals surface area contributed by atoms with Crippen molar-refractivity contribution in [1.29, 1.82) is 5.26 Å². The molecular formula is C33H35N5O3S2. The number of hydrogen-bond acceptors (Lipinski definition) is 8. The second-order valence-electron chi connectivity index (χ2n) is 10.5. The van der Waals surface area contributed by atoms with Crippen LogP contribution in [-0.2, 0) is 17.8 Å². The number of piperazine rings is 1. The van der Waals surface area contributed by atoms with E-state index in [9.17, 15) is 14.9 Å². The van der Waals surface area contributed by atoms with Crippen LogP contribution in [0.25, 0.3) is 6.08 Å². The quantitative estimate of drug-likeness (QED) is 0.240. The summed E-state index contributed by atoms with van der Waals surface area (Å²) in [5.74, 6) is 1.39. The number of thioether (sulfide) groups is 1. The SMILES string of the molecule is CCCn1c(N2CCN(c3ccccc3)CC2)c(/C=C2/SC(=S)N(CCc3ccc(OC)cc3)C2=O)c(C)c(C#N)c1=O. The minimum atomic E-state index is -0.286. The molecule has 0 aliphatic carbocycles. The van der Waals surface area contributed by atoms with E-state index in [-0.39, 0.29) is 17.0 Å². The smallest absolute Gasteiger partial charge is 0.270 e. The lowest BCUT2D eigenvalue weighted by Crippen LogP contribution is -2.48. The molecule has 5 rings (SSSR count). The number of thiocarbonyl (C=S) groups is 1. The van der Waals surface area contributed by atoms with E-state index in [1.807, 2.05) is 55.5 Å². The Morgan fingerprint density at radius 3 is 2.30 bits per heavy atom. The number of amides is 1. The number of nitrogens with zero attached hydrogens (tertiary/aromatic N) is 5. The molecule has 0 atom stereocenters. The number of carbonyl (C=O) groups excluding carboxylic acids is 1. The van der Waals surface area contributed by atoms with Gasteiger partial charge in [0.25, 0.3) is 11.5 Å². The van der Waals surface area contributed by atoms with Crippen LogP contribution in [0.15, 0.2) is 64.3 Å². The highest BCUT2D eigenvalue weighted by Crippen LogP contribution is 2.36. The van der Waals surface area contributed by atoms with Crippen molar-refractivity contribution in [3.8, 4) is 11.8 Å². The fourth-order valence-electron chi connectivity index (χ4n) is 5.59. The molecule has 1 aromatic heterocycles. The number of benzene rings is 2. The molecule has 3 heterocycles. The first kappa shape index (κ1) is 30.4. The first-order valence-corrected chi connectivity index (χ1v) is 15.7. The molecule has 8 nitrogen and oxygen atoms in total. The number of hydrogen-bond donors (Lipinski definition) is 0. The Kier molecular flexibility index (Phi) is 9.53. The topological polar surface area (TPSA) is 81.8 Å². The molecule has 1 amide bonds. The number of rotatable bonds is 9. The van der Waals surface area contributed by atoms with Gasteiger partial charge in [-0.15, -0.1) is 0 Å². The molecule has 43 heavy (non-hydrogen) atoms. The van der Waals surface area contributed by atoms with Crippen LogP contribution >= 0.6 is 24.0 Å². The fraction of sp³-hybridized carbons (Fsp3) is 0.333. The van der Waals surface area contributed by atoms with Crippen LogP contribution < -0.4 is 20.1 Å². The number of methoxy groups -OCH3 is 1. The average molecular weight is 614 g/mol. The van der Waals surface area contributed by atoms with E-state index in [2.05, 4.69) is 28.0 Å². The molecule has 2 aromatic carbocycles. The molecule has 10 heteroatoms. The predicted molar refractivity (Wildman–Crippen MR) is 178 cm³/mol. The fourth-order valence-corrected chi connectivity index (χ4v) is 6.88. The van der Waals surface area contributed by atoms with E-state index >= 15 is 0 Å². The molecule has 2 saturated heterocycles. The van der Waals surface area contributed by atoms with E-state index in [0.717, 1.165) is 42.2 Å². The molecule has 0 radical (unpaired) electrons. The van der Waals surface area contributed by atoms with Crippen molar-refractivity contribution in [3.63, 3.8) is 0 Å². The van der Waals surface area contributed by atoms with Crippen LogP contribution in [0.2, 0.25) is 0 Å². The zero-order valence-electron chi connectivity index (χ0n) is 24.7. The Labute approximate surface area is 262 Å². The number of aromatic nitrogens is 1. The van der Waals surface area contributed by atoms with Crippen LogP contribution in [0.1, 0.15) is 35.6 Å². The Balaban J connectivity index is 1.47. The summed E-state index contributed by atoms with van der Waals surface area (Å²) in [5, 5.41) is 9.97. The molecule has 222 valence electrons.